The Kier molecular flexibility index (Phi) is 4.58. The molecule has 1 amide bonds. The van der Waals surface area contributed by atoms with Crippen LogP contribution >= 0.6 is 11.6 Å². The number of amides is 1. The van der Waals surface area contributed by atoms with Gasteiger partial charge < -0.3 is 10.6 Å². The van der Waals surface area contributed by atoms with Crippen molar-refractivity contribution in [2.24, 2.45) is 0 Å². The zero-order valence-corrected chi connectivity index (χ0v) is 12.2. The minimum atomic E-state index is -0.231. The van der Waals surface area contributed by atoms with Crippen molar-refractivity contribution in [2.45, 2.75) is 13.8 Å². The molecule has 4 nitrogen and oxygen atoms in total. The molecule has 2 rings (SSSR count). The fourth-order valence-electron chi connectivity index (χ4n) is 1.84. The Morgan fingerprint density at radius 1 is 1.35 bits per heavy atom. The predicted octanol–water partition coefficient (Wildman–Crippen LogP) is 3.73. The van der Waals surface area contributed by atoms with Gasteiger partial charge in [0.15, 0.2) is 5.82 Å². The lowest BCUT2D eigenvalue weighted by Crippen LogP contribution is -2.16. The smallest absolute Gasteiger partial charge is 0.258 e. The first-order valence-corrected chi connectivity index (χ1v) is 6.76. The summed E-state index contributed by atoms with van der Waals surface area (Å²) >= 11 is 6.00. The Morgan fingerprint density at radius 2 is 2.15 bits per heavy atom. The van der Waals surface area contributed by atoms with E-state index in [1.807, 2.05) is 32.0 Å². The van der Waals surface area contributed by atoms with Crippen LogP contribution in [0.2, 0.25) is 5.02 Å². The van der Waals surface area contributed by atoms with Gasteiger partial charge in [-0.1, -0.05) is 23.2 Å². The van der Waals surface area contributed by atoms with E-state index in [2.05, 4.69) is 15.6 Å². The van der Waals surface area contributed by atoms with Gasteiger partial charge in [-0.05, 0) is 38.1 Å². The summed E-state index contributed by atoms with van der Waals surface area (Å²) in [4.78, 5) is 16.4. The molecule has 0 atom stereocenters. The molecule has 1 heterocycles. The van der Waals surface area contributed by atoms with Crippen LogP contribution < -0.4 is 10.6 Å². The van der Waals surface area contributed by atoms with E-state index < -0.39 is 0 Å². The number of pyridine rings is 1. The van der Waals surface area contributed by atoms with Crippen LogP contribution in [-0.2, 0) is 0 Å². The lowest BCUT2D eigenvalue weighted by atomic mass is 10.1. The van der Waals surface area contributed by atoms with E-state index in [4.69, 9.17) is 11.6 Å². The molecule has 0 saturated carbocycles. The number of halogens is 1. The van der Waals surface area contributed by atoms with Crippen LogP contribution in [0, 0.1) is 6.92 Å². The molecule has 0 radical (unpaired) electrons. The average molecular weight is 290 g/mol. The van der Waals surface area contributed by atoms with E-state index in [9.17, 15) is 4.79 Å². The molecule has 0 spiro atoms. The molecule has 1 aromatic heterocycles. The summed E-state index contributed by atoms with van der Waals surface area (Å²) in [6.07, 6.45) is 1.59. The van der Waals surface area contributed by atoms with E-state index in [0.717, 1.165) is 17.8 Å². The zero-order valence-electron chi connectivity index (χ0n) is 11.4. The molecule has 20 heavy (non-hydrogen) atoms. The maximum absolute atomic E-state index is 12.4. The Morgan fingerprint density at radius 3 is 2.85 bits per heavy atom. The zero-order chi connectivity index (χ0) is 14.5. The third kappa shape index (κ3) is 3.27. The summed E-state index contributed by atoms with van der Waals surface area (Å²) in [5.41, 5.74) is 2.39. The summed E-state index contributed by atoms with van der Waals surface area (Å²) in [5, 5.41) is 6.32. The topological polar surface area (TPSA) is 54.0 Å². The highest BCUT2D eigenvalue weighted by molar-refractivity contribution is 6.33. The minimum Gasteiger partial charge on any atom is -0.385 e. The van der Waals surface area contributed by atoms with Crippen molar-refractivity contribution in [2.75, 3.05) is 17.2 Å². The number of hydrogen-bond donors (Lipinski definition) is 2. The molecule has 104 valence electrons. The molecule has 0 unspecified atom stereocenters. The molecule has 0 fully saturated rings. The van der Waals surface area contributed by atoms with E-state index in [1.165, 1.54) is 0 Å². The predicted molar refractivity (Wildman–Crippen MR) is 82.5 cm³/mol. The van der Waals surface area contributed by atoms with Gasteiger partial charge in [0, 0.05) is 18.4 Å². The molecule has 1 aromatic carbocycles. The molecule has 0 saturated heterocycles. The van der Waals surface area contributed by atoms with Gasteiger partial charge >= 0.3 is 0 Å². The standard InChI is InChI=1S/C15H16ClN3O/c1-3-17-13-7-6-10(2)9-11(13)15(20)19-14-12(16)5-4-8-18-14/h4-9,17H,3H2,1-2H3,(H,18,19,20). The van der Waals surface area contributed by atoms with Crippen LogP contribution in [0.4, 0.5) is 11.5 Å². The number of carbonyl (C=O) groups is 1. The van der Waals surface area contributed by atoms with Gasteiger partial charge in [-0.15, -0.1) is 0 Å². The first kappa shape index (κ1) is 14.3. The summed E-state index contributed by atoms with van der Waals surface area (Å²) in [6.45, 7) is 4.67. The Labute approximate surface area is 123 Å². The summed E-state index contributed by atoms with van der Waals surface area (Å²) in [6, 6.07) is 9.10. The molecule has 0 aliphatic rings. The number of nitrogens with one attached hydrogen (secondary N) is 2. The van der Waals surface area contributed by atoms with Crippen molar-refractivity contribution >= 4 is 29.0 Å². The third-order valence-corrected chi connectivity index (χ3v) is 3.08. The number of anilines is 2. The number of hydrogen-bond acceptors (Lipinski definition) is 3. The Hall–Kier alpha value is -2.07. The number of aromatic nitrogens is 1. The number of benzene rings is 1. The fraction of sp³-hybridized carbons (Fsp3) is 0.200. The van der Waals surface area contributed by atoms with Gasteiger partial charge in [-0.25, -0.2) is 4.98 Å². The first-order chi connectivity index (χ1) is 9.61. The number of aryl methyl sites for hydroxylation is 1. The van der Waals surface area contributed by atoms with Gasteiger partial charge in [-0.2, -0.15) is 0 Å². The Balaban J connectivity index is 2.29. The number of carbonyl (C=O) groups excluding carboxylic acids is 1. The second kappa shape index (κ2) is 6.39. The van der Waals surface area contributed by atoms with Crippen LogP contribution in [0.3, 0.4) is 0 Å². The van der Waals surface area contributed by atoms with E-state index in [1.54, 1.807) is 18.3 Å². The van der Waals surface area contributed by atoms with Crippen molar-refractivity contribution < 1.29 is 4.79 Å². The number of rotatable bonds is 4. The molecule has 2 aromatic rings. The van der Waals surface area contributed by atoms with Gasteiger partial charge in [0.2, 0.25) is 0 Å². The molecule has 0 aliphatic carbocycles. The van der Waals surface area contributed by atoms with E-state index in [0.29, 0.717) is 16.4 Å². The molecular weight excluding hydrogens is 274 g/mol. The van der Waals surface area contributed by atoms with Crippen LogP contribution in [-0.4, -0.2) is 17.4 Å². The lowest BCUT2D eigenvalue weighted by Gasteiger charge is -2.12. The highest BCUT2D eigenvalue weighted by Crippen LogP contribution is 2.22. The minimum absolute atomic E-state index is 0.231. The van der Waals surface area contributed by atoms with Gasteiger partial charge in [-0.3, -0.25) is 4.79 Å². The number of nitrogens with zero attached hydrogens (tertiary/aromatic N) is 1. The quantitative estimate of drug-likeness (QED) is 0.902. The maximum Gasteiger partial charge on any atom is 0.258 e. The second-order valence-electron chi connectivity index (χ2n) is 4.37. The fourth-order valence-corrected chi connectivity index (χ4v) is 2.01. The van der Waals surface area contributed by atoms with E-state index >= 15 is 0 Å². The summed E-state index contributed by atoms with van der Waals surface area (Å²) in [5.74, 6) is 0.133. The van der Waals surface area contributed by atoms with Crippen molar-refractivity contribution in [1.82, 2.24) is 4.98 Å². The summed E-state index contributed by atoms with van der Waals surface area (Å²) in [7, 11) is 0. The SMILES string of the molecule is CCNc1ccc(C)cc1C(=O)Nc1ncccc1Cl. The van der Waals surface area contributed by atoms with Crippen molar-refractivity contribution in [1.29, 1.82) is 0 Å². The van der Waals surface area contributed by atoms with Gasteiger partial charge in [0.1, 0.15) is 0 Å². The molecule has 2 N–H and O–H groups in total. The van der Waals surface area contributed by atoms with Crippen molar-refractivity contribution in [3.8, 4) is 0 Å². The largest absolute Gasteiger partial charge is 0.385 e. The first-order valence-electron chi connectivity index (χ1n) is 6.38. The van der Waals surface area contributed by atoms with Gasteiger partial charge in [0.25, 0.3) is 5.91 Å². The van der Waals surface area contributed by atoms with Crippen LogP contribution in [0.15, 0.2) is 36.5 Å². The highest BCUT2D eigenvalue weighted by atomic mass is 35.5. The molecule has 0 bridgehead atoms. The van der Waals surface area contributed by atoms with Gasteiger partial charge in [0.05, 0.1) is 10.6 Å². The molecule has 0 aliphatic heterocycles. The lowest BCUT2D eigenvalue weighted by molar-refractivity contribution is 0.102. The van der Waals surface area contributed by atoms with Crippen LogP contribution in [0.5, 0.6) is 0 Å². The summed E-state index contributed by atoms with van der Waals surface area (Å²) < 4.78 is 0. The normalized spacial score (nSPS) is 10.2. The Bertz CT molecular complexity index is 628. The van der Waals surface area contributed by atoms with Crippen LogP contribution in [0.25, 0.3) is 0 Å². The van der Waals surface area contributed by atoms with Crippen LogP contribution in [0.1, 0.15) is 22.8 Å². The monoisotopic (exact) mass is 289 g/mol. The second-order valence-corrected chi connectivity index (χ2v) is 4.77. The highest BCUT2D eigenvalue weighted by Gasteiger charge is 2.13. The third-order valence-electron chi connectivity index (χ3n) is 2.78. The van der Waals surface area contributed by atoms with E-state index in [-0.39, 0.29) is 5.91 Å². The average Bonchev–Trinajstić information content (AvgIpc) is 2.43. The maximum atomic E-state index is 12.4. The molecule has 5 heteroatoms. The molecular formula is C15H16ClN3O. The van der Waals surface area contributed by atoms with Crippen molar-refractivity contribution in [3.05, 3.63) is 52.7 Å². The van der Waals surface area contributed by atoms with Crippen molar-refractivity contribution in [3.63, 3.8) is 0 Å².